The molecule has 0 radical (unpaired) electrons. The maximum absolute atomic E-state index is 5.78. The molecule has 1 aromatic heterocycles. The van der Waals surface area contributed by atoms with Gasteiger partial charge in [-0.1, -0.05) is 12.1 Å². The van der Waals surface area contributed by atoms with Gasteiger partial charge in [-0.05, 0) is 31.5 Å². The zero-order chi connectivity index (χ0) is 13.0. The van der Waals surface area contributed by atoms with Crippen LogP contribution in [0.3, 0.4) is 0 Å². The quantitative estimate of drug-likeness (QED) is 0.900. The third kappa shape index (κ3) is 3.55. The maximum atomic E-state index is 5.78. The Morgan fingerprint density at radius 1 is 1.44 bits per heavy atom. The number of benzene rings is 1. The molecule has 4 heteroatoms. The van der Waals surface area contributed by atoms with Crippen LogP contribution in [0, 0.1) is 6.92 Å². The highest BCUT2D eigenvalue weighted by Gasteiger charge is 2.05. The molecule has 0 aliphatic carbocycles. The maximum Gasteiger partial charge on any atom is 0.119 e. The fraction of sp³-hybridized carbons (Fsp3) is 0.357. The van der Waals surface area contributed by atoms with Crippen LogP contribution in [0.4, 0.5) is 0 Å². The summed E-state index contributed by atoms with van der Waals surface area (Å²) in [5, 5.41) is 3.10. The molecule has 0 spiro atoms. The van der Waals surface area contributed by atoms with Crippen LogP contribution in [0.1, 0.15) is 29.2 Å². The van der Waals surface area contributed by atoms with Crippen LogP contribution in [0.15, 0.2) is 29.6 Å². The molecule has 2 rings (SSSR count). The molecule has 0 amide bonds. The van der Waals surface area contributed by atoms with Crippen LogP contribution in [0.2, 0.25) is 0 Å². The summed E-state index contributed by atoms with van der Waals surface area (Å²) in [5.41, 5.74) is 7.95. The zero-order valence-electron chi connectivity index (χ0n) is 10.7. The molecular formula is C14H18N2OS. The first-order valence-electron chi connectivity index (χ1n) is 6.04. The van der Waals surface area contributed by atoms with Crippen molar-refractivity contribution >= 4 is 11.3 Å². The number of hydrogen-bond donors (Lipinski definition) is 1. The van der Waals surface area contributed by atoms with Gasteiger partial charge in [0.05, 0.1) is 17.3 Å². The van der Waals surface area contributed by atoms with E-state index in [9.17, 15) is 0 Å². The molecular weight excluding hydrogens is 244 g/mol. The molecule has 0 aliphatic heterocycles. The first-order chi connectivity index (χ1) is 8.65. The number of ether oxygens (including phenoxy) is 1. The molecule has 1 unspecified atom stereocenters. The van der Waals surface area contributed by atoms with Crippen LogP contribution in [-0.4, -0.2) is 11.6 Å². The Kier molecular flexibility index (Phi) is 4.33. The Morgan fingerprint density at radius 2 is 2.28 bits per heavy atom. The highest BCUT2D eigenvalue weighted by Crippen LogP contribution is 2.16. The molecule has 1 heterocycles. The van der Waals surface area contributed by atoms with Crippen molar-refractivity contribution in [1.29, 1.82) is 0 Å². The summed E-state index contributed by atoms with van der Waals surface area (Å²) in [4.78, 5) is 4.47. The summed E-state index contributed by atoms with van der Waals surface area (Å²) < 4.78 is 5.70. The van der Waals surface area contributed by atoms with Gasteiger partial charge in [-0.2, -0.15) is 0 Å². The Labute approximate surface area is 112 Å². The fourth-order valence-corrected chi connectivity index (χ4v) is 2.49. The molecule has 1 aromatic carbocycles. The second-order valence-corrected chi connectivity index (χ2v) is 5.31. The number of nitrogens with two attached hydrogens (primary N) is 1. The van der Waals surface area contributed by atoms with Gasteiger partial charge >= 0.3 is 0 Å². The van der Waals surface area contributed by atoms with Crippen LogP contribution in [0.5, 0.6) is 5.75 Å². The Balaban J connectivity index is 1.84. The van der Waals surface area contributed by atoms with Crippen molar-refractivity contribution in [1.82, 2.24) is 4.98 Å². The van der Waals surface area contributed by atoms with E-state index in [1.165, 1.54) is 5.56 Å². The zero-order valence-corrected chi connectivity index (χ0v) is 11.5. The first-order valence-corrected chi connectivity index (χ1v) is 6.92. The largest absolute Gasteiger partial charge is 0.493 e. The molecule has 96 valence electrons. The van der Waals surface area contributed by atoms with Gasteiger partial charge in [-0.15, -0.1) is 11.3 Å². The van der Waals surface area contributed by atoms with Crippen molar-refractivity contribution in [2.45, 2.75) is 26.3 Å². The lowest BCUT2D eigenvalue weighted by atomic mass is 10.2. The van der Waals surface area contributed by atoms with E-state index in [0.717, 1.165) is 22.9 Å². The van der Waals surface area contributed by atoms with Gasteiger partial charge in [0, 0.05) is 17.8 Å². The molecule has 0 fully saturated rings. The molecule has 0 saturated heterocycles. The van der Waals surface area contributed by atoms with Crippen molar-refractivity contribution < 1.29 is 4.74 Å². The van der Waals surface area contributed by atoms with Crippen LogP contribution < -0.4 is 10.5 Å². The minimum atomic E-state index is 0.00712. The van der Waals surface area contributed by atoms with E-state index in [-0.39, 0.29) is 6.04 Å². The third-order valence-corrected chi connectivity index (χ3v) is 3.54. The number of thiazole rings is 1. The first kappa shape index (κ1) is 13.1. The number of aromatic nitrogens is 1. The normalized spacial score (nSPS) is 12.4. The SMILES string of the molecule is Cc1cccc(OCCc2nc(C(C)N)cs2)c1. The van der Waals surface area contributed by atoms with E-state index < -0.39 is 0 Å². The fourth-order valence-electron chi connectivity index (χ4n) is 1.61. The number of nitrogens with zero attached hydrogens (tertiary/aromatic N) is 1. The molecule has 0 saturated carbocycles. The summed E-state index contributed by atoms with van der Waals surface area (Å²) in [6, 6.07) is 8.08. The third-order valence-electron chi connectivity index (χ3n) is 2.61. The Bertz CT molecular complexity index is 508. The molecule has 0 aliphatic rings. The molecule has 2 N–H and O–H groups in total. The average molecular weight is 262 g/mol. The van der Waals surface area contributed by atoms with Gasteiger partial charge in [0.15, 0.2) is 0 Å². The lowest BCUT2D eigenvalue weighted by molar-refractivity contribution is 0.321. The predicted octanol–water partition coefficient (Wildman–Crippen LogP) is 3.09. The summed E-state index contributed by atoms with van der Waals surface area (Å²) in [6.07, 6.45) is 0.825. The van der Waals surface area contributed by atoms with E-state index in [1.807, 2.05) is 30.5 Å². The summed E-state index contributed by atoms with van der Waals surface area (Å²) in [7, 11) is 0. The van der Waals surface area contributed by atoms with Crippen molar-refractivity contribution in [2.75, 3.05) is 6.61 Å². The monoisotopic (exact) mass is 262 g/mol. The minimum Gasteiger partial charge on any atom is -0.493 e. The molecule has 3 nitrogen and oxygen atoms in total. The van der Waals surface area contributed by atoms with Gasteiger partial charge in [0.2, 0.25) is 0 Å². The van der Waals surface area contributed by atoms with Crippen molar-refractivity contribution in [3.63, 3.8) is 0 Å². The minimum absolute atomic E-state index is 0.00712. The van der Waals surface area contributed by atoms with Gasteiger partial charge in [0.25, 0.3) is 0 Å². The van der Waals surface area contributed by atoms with Crippen molar-refractivity contribution in [2.24, 2.45) is 5.73 Å². The van der Waals surface area contributed by atoms with Gasteiger partial charge in [-0.3, -0.25) is 0 Å². The van der Waals surface area contributed by atoms with E-state index in [4.69, 9.17) is 10.5 Å². The molecule has 1 atom stereocenters. The van der Waals surface area contributed by atoms with Crippen molar-refractivity contribution in [3.8, 4) is 5.75 Å². The second-order valence-electron chi connectivity index (χ2n) is 4.37. The van der Waals surface area contributed by atoms with E-state index in [1.54, 1.807) is 11.3 Å². The lowest BCUT2D eigenvalue weighted by Gasteiger charge is -2.05. The number of rotatable bonds is 5. The predicted molar refractivity (Wildman–Crippen MR) is 75.1 cm³/mol. The van der Waals surface area contributed by atoms with E-state index in [2.05, 4.69) is 18.0 Å². The Hall–Kier alpha value is -1.39. The second kappa shape index (κ2) is 5.98. The number of aryl methyl sites for hydroxylation is 1. The van der Waals surface area contributed by atoms with Crippen LogP contribution in [-0.2, 0) is 6.42 Å². The van der Waals surface area contributed by atoms with E-state index >= 15 is 0 Å². The average Bonchev–Trinajstić information content (AvgIpc) is 2.78. The summed E-state index contributed by atoms with van der Waals surface area (Å²) >= 11 is 1.65. The lowest BCUT2D eigenvalue weighted by Crippen LogP contribution is -2.06. The van der Waals surface area contributed by atoms with Gasteiger partial charge < -0.3 is 10.5 Å². The smallest absolute Gasteiger partial charge is 0.119 e. The standard InChI is InChI=1S/C14H18N2OS/c1-10-4-3-5-12(8-10)17-7-6-14-16-13(9-18-14)11(2)15/h3-5,8-9,11H,6-7,15H2,1-2H3. The summed E-state index contributed by atoms with van der Waals surface area (Å²) in [6.45, 7) is 4.65. The van der Waals surface area contributed by atoms with Gasteiger partial charge in [0.1, 0.15) is 5.75 Å². The number of hydrogen-bond acceptors (Lipinski definition) is 4. The summed E-state index contributed by atoms with van der Waals surface area (Å²) in [5.74, 6) is 0.916. The van der Waals surface area contributed by atoms with Crippen LogP contribution >= 0.6 is 11.3 Å². The molecule has 18 heavy (non-hydrogen) atoms. The van der Waals surface area contributed by atoms with Crippen LogP contribution in [0.25, 0.3) is 0 Å². The Morgan fingerprint density at radius 3 is 2.94 bits per heavy atom. The highest BCUT2D eigenvalue weighted by molar-refractivity contribution is 7.09. The van der Waals surface area contributed by atoms with E-state index in [0.29, 0.717) is 6.61 Å². The highest BCUT2D eigenvalue weighted by atomic mass is 32.1. The topological polar surface area (TPSA) is 48.1 Å². The molecule has 0 bridgehead atoms. The van der Waals surface area contributed by atoms with Crippen molar-refractivity contribution in [3.05, 3.63) is 45.9 Å². The molecule has 2 aromatic rings. The van der Waals surface area contributed by atoms with Gasteiger partial charge in [-0.25, -0.2) is 4.98 Å².